The van der Waals surface area contributed by atoms with E-state index in [0.29, 0.717) is 11.1 Å². The van der Waals surface area contributed by atoms with Gasteiger partial charge in [0.2, 0.25) is 0 Å². The summed E-state index contributed by atoms with van der Waals surface area (Å²) in [5.41, 5.74) is 2.76. The van der Waals surface area contributed by atoms with Gasteiger partial charge in [-0.3, -0.25) is 0 Å². The number of ether oxygens (including phenoxy) is 1. The lowest BCUT2D eigenvalue weighted by Crippen LogP contribution is -2.05. The molecule has 0 unspecified atom stereocenters. The van der Waals surface area contributed by atoms with Crippen molar-refractivity contribution < 1.29 is 14.6 Å². The molecule has 0 fully saturated rings. The molecule has 1 N–H and O–H groups in total. The molecule has 0 bridgehead atoms. The minimum Gasteiger partial charge on any atom is -0.465 e. The molecule has 0 aliphatic rings. The molecule has 0 saturated heterocycles. The summed E-state index contributed by atoms with van der Waals surface area (Å²) in [5.74, 6) is 5.08. The fourth-order valence-corrected chi connectivity index (χ4v) is 1.99. The highest BCUT2D eigenvalue weighted by Gasteiger charge is 2.15. The lowest BCUT2D eigenvalue weighted by atomic mass is 9.94. The number of benzene rings is 2. The number of hydrogen-bond acceptors (Lipinski definition) is 3. The van der Waals surface area contributed by atoms with Crippen molar-refractivity contribution in [2.75, 3.05) is 13.7 Å². The third-order valence-corrected chi connectivity index (χ3v) is 2.83. The summed E-state index contributed by atoms with van der Waals surface area (Å²) in [6, 6.07) is 14.8. The summed E-state index contributed by atoms with van der Waals surface area (Å²) < 4.78 is 4.82. The number of aliphatic hydroxyl groups is 1. The van der Waals surface area contributed by atoms with E-state index in [2.05, 4.69) is 11.8 Å². The Morgan fingerprint density at radius 3 is 2.55 bits per heavy atom. The second-order valence-corrected chi connectivity index (χ2v) is 4.05. The molecule has 3 heteroatoms. The zero-order valence-electron chi connectivity index (χ0n) is 11.1. The van der Waals surface area contributed by atoms with E-state index in [0.717, 1.165) is 11.1 Å². The summed E-state index contributed by atoms with van der Waals surface area (Å²) in [4.78, 5) is 11.9. The minimum absolute atomic E-state index is 0.226. The standard InChI is InChI=1S/C17H14O3/c1-20-17(19)15-11-5-9-14(10-6-12-18)16(15)13-7-3-2-4-8-13/h2-5,7-9,11,18H,12H2,1H3. The molecule has 100 valence electrons. The van der Waals surface area contributed by atoms with Gasteiger partial charge in [0.05, 0.1) is 12.7 Å². The van der Waals surface area contributed by atoms with Gasteiger partial charge in [-0.25, -0.2) is 4.79 Å². The van der Waals surface area contributed by atoms with Gasteiger partial charge in [-0.05, 0) is 17.7 Å². The van der Waals surface area contributed by atoms with Crippen LogP contribution in [0.1, 0.15) is 15.9 Å². The summed E-state index contributed by atoms with van der Waals surface area (Å²) in [5, 5.41) is 8.85. The lowest BCUT2D eigenvalue weighted by molar-refractivity contribution is 0.0601. The molecular weight excluding hydrogens is 252 g/mol. The highest BCUT2D eigenvalue weighted by Crippen LogP contribution is 2.28. The highest BCUT2D eigenvalue weighted by atomic mass is 16.5. The molecule has 0 radical (unpaired) electrons. The molecule has 2 rings (SSSR count). The molecule has 0 aromatic heterocycles. The Balaban J connectivity index is 2.68. The van der Waals surface area contributed by atoms with E-state index in [1.165, 1.54) is 7.11 Å². The minimum atomic E-state index is -0.406. The average molecular weight is 266 g/mol. The van der Waals surface area contributed by atoms with E-state index < -0.39 is 5.97 Å². The first kappa shape index (κ1) is 13.9. The smallest absolute Gasteiger partial charge is 0.338 e. The predicted molar refractivity (Wildman–Crippen MR) is 77.2 cm³/mol. The van der Waals surface area contributed by atoms with Crippen LogP contribution >= 0.6 is 0 Å². The first-order chi connectivity index (χ1) is 9.77. The number of hydrogen-bond donors (Lipinski definition) is 1. The van der Waals surface area contributed by atoms with Gasteiger partial charge < -0.3 is 9.84 Å². The van der Waals surface area contributed by atoms with Crippen molar-refractivity contribution in [1.82, 2.24) is 0 Å². The Kier molecular flexibility index (Phi) is 4.54. The molecule has 0 heterocycles. The fourth-order valence-electron chi connectivity index (χ4n) is 1.99. The predicted octanol–water partition coefficient (Wildman–Crippen LogP) is 2.48. The number of aliphatic hydroxyl groups excluding tert-OH is 1. The van der Waals surface area contributed by atoms with Crippen LogP contribution in [0.15, 0.2) is 48.5 Å². The second-order valence-electron chi connectivity index (χ2n) is 4.05. The average Bonchev–Trinajstić information content (AvgIpc) is 2.52. The Hall–Kier alpha value is -2.57. The van der Waals surface area contributed by atoms with Crippen LogP contribution in [-0.4, -0.2) is 24.8 Å². The molecule has 0 aliphatic carbocycles. The SMILES string of the molecule is COC(=O)c1cccc(C#CCO)c1-c1ccccc1. The second kappa shape index (κ2) is 6.55. The Labute approximate surface area is 117 Å². The lowest BCUT2D eigenvalue weighted by Gasteiger charge is -2.10. The van der Waals surface area contributed by atoms with Crippen LogP contribution in [0.3, 0.4) is 0 Å². The molecule has 3 nitrogen and oxygen atoms in total. The van der Waals surface area contributed by atoms with Crippen LogP contribution in [0, 0.1) is 11.8 Å². The number of methoxy groups -OCH3 is 1. The Morgan fingerprint density at radius 1 is 1.15 bits per heavy atom. The summed E-state index contributed by atoms with van der Waals surface area (Å²) in [6.45, 7) is -0.226. The summed E-state index contributed by atoms with van der Waals surface area (Å²) in [7, 11) is 1.35. The molecule has 0 saturated carbocycles. The van der Waals surface area contributed by atoms with E-state index in [1.54, 1.807) is 12.1 Å². The number of rotatable bonds is 2. The van der Waals surface area contributed by atoms with Gasteiger partial charge >= 0.3 is 5.97 Å². The number of carbonyl (C=O) groups excluding carboxylic acids is 1. The number of esters is 1. The third kappa shape index (κ3) is 2.87. The van der Waals surface area contributed by atoms with Crippen LogP contribution in [0.25, 0.3) is 11.1 Å². The van der Waals surface area contributed by atoms with Crippen molar-refractivity contribution in [2.45, 2.75) is 0 Å². The monoisotopic (exact) mass is 266 g/mol. The molecule has 2 aromatic rings. The summed E-state index contributed by atoms with van der Waals surface area (Å²) >= 11 is 0. The Bertz CT molecular complexity index is 664. The van der Waals surface area contributed by atoms with E-state index in [9.17, 15) is 4.79 Å². The molecule has 0 aliphatic heterocycles. The molecule has 0 atom stereocenters. The van der Waals surface area contributed by atoms with Crippen molar-refractivity contribution in [3.63, 3.8) is 0 Å². The number of carbonyl (C=O) groups is 1. The normalized spacial score (nSPS) is 9.50. The van der Waals surface area contributed by atoms with Crippen LogP contribution in [0.5, 0.6) is 0 Å². The van der Waals surface area contributed by atoms with E-state index in [1.807, 2.05) is 36.4 Å². The van der Waals surface area contributed by atoms with Gasteiger partial charge in [-0.1, -0.05) is 48.2 Å². The van der Waals surface area contributed by atoms with Gasteiger partial charge in [0, 0.05) is 11.1 Å². The van der Waals surface area contributed by atoms with Gasteiger partial charge in [0.15, 0.2) is 0 Å². The van der Waals surface area contributed by atoms with Crippen molar-refractivity contribution in [3.05, 3.63) is 59.7 Å². The fraction of sp³-hybridized carbons (Fsp3) is 0.118. The van der Waals surface area contributed by atoms with Crippen molar-refractivity contribution >= 4 is 5.97 Å². The van der Waals surface area contributed by atoms with E-state index in [4.69, 9.17) is 9.84 Å². The summed E-state index contributed by atoms with van der Waals surface area (Å²) in [6.07, 6.45) is 0. The largest absolute Gasteiger partial charge is 0.465 e. The highest BCUT2D eigenvalue weighted by molar-refractivity contribution is 5.98. The van der Waals surface area contributed by atoms with Gasteiger partial charge in [0.1, 0.15) is 6.61 Å². The maximum absolute atomic E-state index is 11.9. The zero-order valence-corrected chi connectivity index (χ0v) is 11.1. The van der Waals surface area contributed by atoms with Crippen molar-refractivity contribution in [3.8, 4) is 23.0 Å². The maximum Gasteiger partial charge on any atom is 0.338 e. The molecule has 0 amide bonds. The maximum atomic E-state index is 11.9. The van der Waals surface area contributed by atoms with Crippen molar-refractivity contribution in [2.24, 2.45) is 0 Å². The van der Waals surface area contributed by atoms with Crippen molar-refractivity contribution in [1.29, 1.82) is 0 Å². The van der Waals surface area contributed by atoms with Gasteiger partial charge in [-0.15, -0.1) is 0 Å². The molecular formula is C17H14O3. The van der Waals surface area contributed by atoms with E-state index >= 15 is 0 Å². The Morgan fingerprint density at radius 2 is 1.90 bits per heavy atom. The first-order valence-corrected chi connectivity index (χ1v) is 6.14. The first-order valence-electron chi connectivity index (χ1n) is 6.14. The zero-order chi connectivity index (χ0) is 14.4. The van der Waals surface area contributed by atoms with Crippen LogP contribution in [0.2, 0.25) is 0 Å². The van der Waals surface area contributed by atoms with Gasteiger partial charge in [0.25, 0.3) is 0 Å². The van der Waals surface area contributed by atoms with Crippen LogP contribution in [-0.2, 0) is 4.74 Å². The third-order valence-electron chi connectivity index (χ3n) is 2.83. The molecule has 20 heavy (non-hydrogen) atoms. The quantitative estimate of drug-likeness (QED) is 0.671. The molecule has 0 spiro atoms. The van der Waals surface area contributed by atoms with Crippen LogP contribution < -0.4 is 0 Å². The van der Waals surface area contributed by atoms with Gasteiger partial charge in [-0.2, -0.15) is 0 Å². The molecule has 2 aromatic carbocycles. The van der Waals surface area contributed by atoms with E-state index in [-0.39, 0.29) is 6.61 Å². The topological polar surface area (TPSA) is 46.5 Å². The van der Waals surface area contributed by atoms with Crippen LogP contribution in [0.4, 0.5) is 0 Å².